The van der Waals surface area contributed by atoms with E-state index >= 15 is 0 Å². The van der Waals surface area contributed by atoms with Gasteiger partial charge in [0, 0.05) is 5.56 Å². The maximum absolute atomic E-state index is 10.1. The van der Waals surface area contributed by atoms with Gasteiger partial charge in [0.1, 0.15) is 11.5 Å². The summed E-state index contributed by atoms with van der Waals surface area (Å²) in [6, 6.07) is 3.36. The summed E-state index contributed by atoms with van der Waals surface area (Å²) in [5, 5.41) is 10.1. The number of rotatable bonds is 8. The molecule has 1 unspecified atom stereocenters. The lowest BCUT2D eigenvalue weighted by atomic mass is 9.85. The highest BCUT2D eigenvalue weighted by Gasteiger charge is 2.24. The second kappa shape index (κ2) is 13.1. The Kier molecular flexibility index (Phi) is 13.0. The summed E-state index contributed by atoms with van der Waals surface area (Å²) >= 11 is 0. The minimum atomic E-state index is -2.62. The molecule has 0 aliphatic rings. The summed E-state index contributed by atoms with van der Waals surface area (Å²) in [5.74, 6) is 0.693. The van der Waals surface area contributed by atoms with Crippen LogP contribution < -0.4 is 4.52 Å². The Bertz CT molecular complexity index is 547. The molecule has 0 fully saturated rings. The van der Waals surface area contributed by atoms with Crippen LogP contribution >= 0.6 is 25.8 Å². The molecule has 1 atom stereocenters. The maximum atomic E-state index is 10.1. The largest absolute Gasteiger partial charge is 0.508 e. The highest BCUT2D eigenvalue weighted by molar-refractivity contribution is 7.54. The number of benzene rings is 1. The molecule has 158 valence electrons. The van der Waals surface area contributed by atoms with Crippen LogP contribution in [0.2, 0.25) is 0 Å². The summed E-state index contributed by atoms with van der Waals surface area (Å²) < 4.78 is 16.1. The van der Waals surface area contributed by atoms with Gasteiger partial charge >= 0.3 is 25.8 Å². The first-order chi connectivity index (χ1) is 12.4. The van der Waals surface area contributed by atoms with Gasteiger partial charge in [-0.15, -0.1) is 0 Å². The molecule has 0 saturated heterocycles. The lowest BCUT2D eigenvalue weighted by Gasteiger charge is -2.23. The number of hydrogen-bond donors (Lipinski definition) is 6. The lowest BCUT2D eigenvalue weighted by molar-refractivity contribution is 0.248. The van der Waals surface area contributed by atoms with Gasteiger partial charge in [-0.25, -0.2) is 4.31 Å². The number of phenolic OH excluding ortho intramolecular Hbond substituents is 1. The Hall–Kier alpha value is -0.170. The predicted octanol–water partition coefficient (Wildman–Crippen LogP) is 3.84. The summed E-state index contributed by atoms with van der Waals surface area (Å²) in [5.41, 5.74) is 1.19. The van der Waals surface area contributed by atoms with Crippen LogP contribution in [0, 0.1) is 6.92 Å². The molecule has 0 amide bonds. The SMILES string of the molecule is CCCCOP(Oc1cc(C(C)(C)C)c(O)cc1C)OP(O)O.OP(O)O. The molecule has 9 nitrogen and oxygen atoms in total. The van der Waals surface area contributed by atoms with Crippen molar-refractivity contribution in [1.82, 2.24) is 0 Å². The van der Waals surface area contributed by atoms with Gasteiger partial charge in [0.2, 0.25) is 0 Å². The van der Waals surface area contributed by atoms with E-state index in [1.807, 2.05) is 27.7 Å². The van der Waals surface area contributed by atoms with Crippen LogP contribution in [0.25, 0.3) is 0 Å². The van der Waals surface area contributed by atoms with Crippen molar-refractivity contribution in [2.24, 2.45) is 0 Å². The van der Waals surface area contributed by atoms with Crippen molar-refractivity contribution in [3.05, 3.63) is 23.3 Å². The summed E-state index contributed by atoms with van der Waals surface area (Å²) in [6.07, 6.45) is 1.77. The van der Waals surface area contributed by atoms with Crippen molar-refractivity contribution < 1.29 is 42.9 Å². The van der Waals surface area contributed by atoms with Crippen molar-refractivity contribution in [3.8, 4) is 11.5 Å². The molecular formula is C15H29O9P3. The van der Waals surface area contributed by atoms with Crippen molar-refractivity contribution in [2.45, 2.75) is 52.9 Å². The Morgan fingerprint density at radius 3 is 2.04 bits per heavy atom. The minimum absolute atomic E-state index is 0.200. The molecular weight excluding hydrogens is 417 g/mol. The van der Waals surface area contributed by atoms with E-state index in [2.05, 4.69) is 0 Å². The van der Waals surface area contributed by atoms with Gasteiger partial charge < -0.3 is 38.6 Å². The van der Waals surface area contributed by atoms with Gasteiger partial charge in [0.05, 0.1) is 6.61 Å². The third kappa shape index (κ3) is 12.1. The molecule has 1 aromatic carbocycles. The first-order valence-corrected chi connectivity index (χ1v) is 11.5. The van der Waals surface area contributed by atoms with Gasteiger partial charge in [-0.2, -0.15) is 0 Å². The average molecular weight is 446 g/mol. The van der Waals surface area contributed by atoms with Crippen molar-refractivity contribution in [2.75, 3.05) is 6.61 Å². The van der Waals surface area contributed by atoms with Crippen LogP contribution in [0.3, 0.4) is 0 Å². The summed E-state index contributed by atoms with van der Waals surface area (Å²) in [4.78, 5) is 39.8. The topological polar surface area (TPSA) is 149 Å². The summed E-state index contributed by atoms with van der Waals surface area (Å²) in [6.45, 7) is 10.2. The Labute approximate surface area is 163 Å². The molecule has 6 N–H and O–H groups in total. The van der Waals surface area contributed by atoms with Crippen LogP contribution in [0.4, 0.5) is 0 Å². The molecule has 0 radical (unpaired) electrons. The maximum Gasteiger partial charge on any atom is 0.404 e. The van der Waals surface area contributed by atoms with E-state index in [1.54, 1.807) is 19.1 Å². The highest BCUT2D eigenvalue weighted by atomic mass is 31.2. The van der Waals surface area contributed by atoms with Crippen LogP contribution in [0.5, 0.6) is 11.5 Å². The second-order valence-electron chi connectivity index (χ2n) is 6.49. The molecule has 0 bridgehead atoms. The van der Waals surface area contributed by atoms with E-state index in [0.29, 0.717) is 17.9 Å². The van der Waals surface area contributed by atoms with Crippen LogP contribution in [-0.4, -0.2) is 36.2 Å². The smallest absolute Gasteiger partial charge is 0.404 e. The first-order valence-electron chi connectivity index (χ1n) is 8.06. The van der Waals surface area contributed by atoms with E-state index in [1.165, 1.54) is 0 Å². The zero-order valence-electron chi connectivity index (χ0n) is 16.0. The molecule has 0 saturated carbocycles. The van der Waals surface area contributed by atoms with E-state index in [-0.39, 0.29) is 11.2 Å². The van der Waals surface area contributed by atoms with Crippen LogP contribution in [0.15, 0.2) is 12.1 Å². The molecule has 0 aliphatic heterocycles. The third-order valence-electron chi connectivity index (χ3n) is 3.11. The molecule has 27 heavy (non-hydrogen) atoms. The number of hydrogen-bond acceptors (Lipinski definition) is 9. The van der Waals surface area contributed by atoms with Gasteiger partial charge in [-0.05, 0) is 36.5 Å². The van der Waals surface area contributed by atoms with E-state index in [4.69, 9.17) is 37.8 Å². The Morgan fingerprint density at radius 1 is 1.04 bits per heavy atom. The highest BCUT2D eigenvalue weighted by Crippen LogP contribution is 2.51. The number of phenols is 1. The normalized spacial score (nSPS) is 12.7. The van der Waals surface area contributed by atoms with E-state index < -0.39 is 25.8 Å². The molecule has 0 aliphatic carbocycles. The Balaban J connectivity index is 0.00000153. The second-order valence-corrected chi connectivity index (χ2v) is 9.07. The van der Waals surface area contributed by atoms with Crippen molar-refractivity contribution in [3.63, 3.8) is 0 Å². The Morgan fingerprint density at radius 2 is 1.59 bits per heavy atom. The zero-order valence-corrected chi connectivity index (χ0v) is 18.7. The fourth-order valence-corrected chi connectivity index (χ4v) is 3.35. The van der Waals surface area contributed by atoms with Crippen LogP contribution in [0.1, 0.15) is 51.7 Å². The summed E-state index contributed by atoms with van der Waals surface area (Å²) in [7, 11) is -7.11. The standard InChI is InChI=1S/C15H26O6P2.H3O3P/c1-6-7-8-19-23(21-22(17)18)20-14-10-12(15(3,4)5)13(16)9-11(14)2;1-4(2)3/h9-10,16-18H,6-8H2,1-5H3;1-3H. The first kappa shape index (κ1) is 26.8. The quantitative estimate of drug-likeness (QED) is 0.259. The zero-order chi connectivity index (χ0) is 21.2. The van der Waals surface area contributed by atoms with Crippen molar-refractivity contribution in [1.29, 1.82) is 0 Å². The monoisotopic (exact) mass is 446 g/mol. The van der Waals surface area contributed by atoms with Gasteiger partial charge in [-0.3, -0.25) is 0 Å². The average Bonchev–Trinajstić information content (AvgIpc) is 2.47. The molecule has 0 spiro atoms. The van der Waals surface area contributed by atoms with E-state index in [0.717, 1.165) is 18.4 Å². The third-order valence-corrected chi connectivity index (χ3v) is 4.97. The number of aromatic hydroxyl groups is 1. The van der Waals surface area contributed by atoms with Crippen molar-refractivity contribution >= 4 is 25.8 Å². The molecule has 0 heterocycles. The van der Waals surface area contributed by atoms with Gasteiger partial charge in [-0.1, -0.05) is 34.1 Å². The minimum Gasteiger partial charge on any atom is -0.508 e. The molecule has 1 aromatic rings. The number of unbranched alkanes of at least 4 members (excludes halogenated alkanes) is 1. The van der Waals surface area contributed by atoms with E-state index in [9.17, 15) is 5.11 Å². The fourth-order valence-electron chi connectivity index (χ4n) is 1.86. The fraction of sp³-hybridized carbons (Fsp3) is 0.600. The molecule has 1 rings (SSSR count). The molecule has 12 heteroatoms. The van der Waals surface area contributed by atoms with Crippen LogP contribution in [-0.2, 0) is 14.2 Å². The number of aryl methyl sites for hydroxylation is 1. The molecule has 0 aromatic heterocycles. The van der Waals surface area contributed by atoms with Gasteiger partial charge in [0.15, 0.2) is 0 Å². The predicted molar refractivity (Wildman–Crippen MR) is 106 cm³/mol. The van der Waals surface area contributed by atoms with Gasteiger partial charge in [0.25, 0.3) is 0 Å². The lowest BCUT2D eigenvalue weighted by Crippen LogP contribution is -2.12.